The number of anilines is 2. The largest absolute Gasteiger partial charge is 0.311 e. The van der Waals surface area contributed by atoms with Crippen molar-refractivity contribution in [3.63, 3.8) is 0 Å². The van der Waals surface area contributed by atoms with Crippen molar-refractivity contribution in [1.82, 2.24) is 0 Å². The molecule has 0 bridgehead atoms. The highest BCUT2D eigenvalue weighted by atomic mass is 16.2. The van der Waals surface area contributed by atoms with Crippen molar-refractivity contribution in [2.75, 3.05) is 22.9 Å². The van der Waals surface area contributed by atoms with Crippen LogP contribution >= 0.6 is 0 Å². The Morgan fingerprint density at radius 3 is 2.21 bits per heavy atom. The van der Waals surface area contributed by atoms with E-state index >= 15 is 0 Å². The summed E-state index contributed by atoms with van der Waals surface area (Å²) in [5.74, 6) is 0.461. The number of hydrogen-bond donors (Lipinski definition) is 0. The van der Waals surface area contributed by atoms with E-state index < -0.39 is 0 Å². The second-order valence-electron chi connectivity index (χ2n) is 5.28. The molecule has 1 aliphatic heterocycles. The third kappa shape index (κ3) is 2.23. The maximum absolute atomic E-state index is 12.4. The Morgan fingerprint density at radius 2 is 1.63 bits per heavy atom. The minimum atomic E-state index is 0.0353. The molecule has 4 heteroatoms. The molecule has 0 saturated heterocycles. The van der Waals surface area contributed by atoms with Crippen LogP contribution in [0, 0.1) is 5.92 Å². The van der Waals surface area contributed by atoms with Crippen molar-refractivity contribution in [3.05, 3.63) is 24.3 Å². The van der Waals surface area contributed by atoms with Crippen LogP contribution in [0.3, 0.4) is 0 Å². The fraction of sp³-hybridized carbons (Fsp3) is 0.467. The number of nitrogens with zero attached hydrogens (tertiary/aromatic N) is 2. The predicted molar refractivity (Wildman–Crippen MR) is 74.2 cm³/mol. The van der Waals surface area contributed by atoms with E-state index in [4.69, 9.17) is 0 Å². The Morgan fingerprint density at radius 1 is 1.05 bits per heavy atom. The van der Waals surface area contributed by atoms with Crippen LogP contribution in [0.25, 0.3) is 0 Å². The first kappa shape index (κ1) is 12.2. The van der Waals surface area contributed by atoms with Gasteiger partial charge in [-0.2, -0.15) is 0 Å². The van der Waals surface area contributed by atoms with Gasteiger partial charge in [-0.15, -0.1) is 0 Å². The molecule has 4 nitrogen and oxygen atoms in total. The third-order valence-electron chi connectivity index (χ3n) is 3.80. The molecule has 0 spiro atoms. The van der Waals surface area contributed by atoms with Crippen molar-refractivity contribution in [2.45, 2.75) is 26.2 Å². The number of benzene rings is 1. The molecule has 1 fully saturated rings. The van der Waals surface area contributed by atoms with E-state index in [0.717, 1.165) is 30.6 Å². The number of carbonyl (C=O) groups is 2. The van der Waals surface area contributed by atoms with Gasteiger partial charge in [-0.05, 0) is 31.4 Å². The molecule has 19 heavy (non-hydrogen) atoms. The van der Waals surface area contributed by atoms with Crippen molar-refractivity contribution >= 4 is 23.2 Å². The van der Waals surface area contributed by atoms with Gasteiger partial charge in [-0.1, -0.05) is 12.1 Å². The first-order valence-electron chi connectivity index (χ1n) is 6.87. The molecule has 2 aliphatic rings. The summed E-state index contributed by atoms with van der Waals surface area (Å²) in [6.45, 7) is 2.96. The van der Waals surface area contributed by atoms with Crippen molar-refractivity contribution in [2.24, 2.45) is 5.92 Å². The zero-order chi connectivity index (χ0) is 13.4. The van der Waals surface area contributed by atoms with Gasteiger partial charge in [0.05, 0.1) is 11.4 Å². The predicted octanol–water partition coefficient (Wildman–Crippen LogP) is 2.19. The lowest BCUT2D eigenvalue weighted by atomic mass is 10.2. The topological polar surface area (TPSA) is 40.6 Å². The van der Waals surface area contributed by atoms with Crippen LogP contribution in [-0.2, 0) is 9.59 Å². The number of rotatable bonds is 1. The maximum Gasteiger partial charge on any atom is 0.230 e. The first-order chi connectivity index (χ1) is 9.18. The molecule has 1 aromatic rings. The van der Waals surface area contributed by atoms with Gasteiger partial charge >= 0.3 is 0 Å². The molecule has 1 heterocycles. The Balaban J connectivity index is 2.01. The Labute approximate surface area is 113 Å². The normalized spacial score (nSPS) is 18.8. The van der Waals surface area contributed by atoms with E-state index in [9.17, 15) is 9.59 Å². The molecular weight excluding hydrogens is 240 g/mol. The molecule has 0 N–H and O–H groups in total. The number of fused-ring (bicyclic) bond motifs is 1. The fourth-order valence-electron chi connectivity index (χ4n) is 2.66. The van der Waals surface area contributed by atoms with E-state index in [2.05, 4.69) is 0 Å². The van der Waals surface area contributed by atoms with Gasteiger partial charge in [0.15, 0.2) is 0 Å². The lowest BCUT2D eigenvalue weighted by Crippen LogP contribution is -2.32. The number of hydrogen-bond acceptors (Lipinski definition) is 2. The number of para-hydroxylation sites is 2. The second-order valence-corrected chi connectivity index (χ2v) is 5.28. The van der Waals surface area contributed by atoms with E-state index in [1.165, 1.54) is 0 Å². The van der Waals surface area contributed by atoms with Gasteiger partial charge in [0, 0.05) is 25.9 Å². The van der Waals surface area contributed by atoms with Crippen LogP contribution in [0.15, 0.2) is 24.3 Å². The van der Waals surface area contributed by atoms with E-state index in [0.29, 0.717) is 13.1 Å². The smallest absolute Gasteiger partial charge is 0.230 e. The van der Waals surface area contributed by atoms with Crippen LogP contribution in [0.5, 0.6) is 0 Å². The molecule has 0 unspecified atom stereocenters. The summed E-state index contributed by atoms with van der Waals surface area (Å²) >= 11 is 0. The summed E-state index contributed by atoms with van der Waals surface area (Å²) in [5, 5.41) is 0. The highest BCUT2D eigenvalue weighted by Gasteiger charge is 2.36. The molecule has 2 amide bonds. The summed E-state index contributed by atoms with van der Waals surface area (Å²) in [6, 6.07) is 7.71. The van der Waals surface area contributed by atoms with Crippen molar-refractivity contribution in [1.29, 1.82) is 0 Å². The van der Waals surface area contributed by atoms with Crippen LogP contribution in [0.4, 0.5) is 11.4 Å². The average Bonchev–Trinajstić information content (AvgIpc) is 3.23. The zero-order valence-corrected chi connectivity index (χ0v) is 11.1. The summed E-state index contributed by atoms with van der Waals surface area (Å²) in [6.07, 6.45) is 2.84. The summed E-state index contributed by atoms with van der Waals surface area (Å²) < 4.78 is 0. The maximum atomic E-state index is 12.4. The fourth-order valence-corrected chi connectivity index (χ4v) is 2.66. The Hall–Kier alpha value is -1.84. The van der Waals surface area contributed by atoms with Crippen LogP contribution in [-0.4, -0.2) is 24.9 Å². The van der Waals surface area contributed by atoms with Gasteiger partial charge in [-0.25, -0.2) is 0 Å². The molecule has 0 radical (unpaired) electrons. The molecule has 0 atom stereocenters. The SMILES string of the molecule is CC(=O)N1CCCN(C(=O)C2CC2)c2ccccc21. The summed E-state index contributed by atoms with van der Waals surface area (Å²) in [5.41, 5.74) is 1.74. The van der Waals surface area contributed by atoms with E-state index in [1.54, 1.807) is 11.8 Å². The Kier molecular flexibility index (Phi) is 3.01. The lowest BCUT2D eigenvalue weighted by molar-refractivity contribution is -0.119. The first-order valence-corrected chi connectivity index (χ1v) is 6.87. The van der Waals surface area contributed by atoms with Crippen LogP contribution < -0.4 is 9.80 Å². The summed E-state index contributed by atoms with van der Waals surface area (Å²) in [4.78, 5) is 27.8. The standard InChI is InChI=1S/C15H18N2O2/c1-11(18)16-9-4-10-17(15(19)12-7-8-12)14-6-3-2-5-13(14)16/h2-3,5-6,12H,4,7-10H2,1H3. The molecule has 1 aromatic carbocycles. The van der Waals surface area contributed by atoms with Gasteiger partial charge < -0.3 is 9.80 Å². The molecule has 100 valence electrons. The Bertz CT molecular complexity index is 523. The van der Waals surface area contributed by atoms with Crippen molar-refractivity contribution in [3.8, 4) is 0 Å². The molecule has 3 rings (SSSR count). The lowest BCUT2D eigenvalue weighted by Gasteiger charge is -2.24. The van der Waals surface area contributed by atoms with Gasteiger partial charge in [0.1, 0.15) is 0 Å². The molecule has 0 aromatic heterocycles. The third-order valence-corrected chi connectivity index (χ3v) is 3.80. The highest BCUT2D eigenvalue weighted by Crippen LogP contribution is 2.37. The zero-order valence-electron chi connectivity index (χ0n) is 11.1. The van der Waals surface area contributed by atoms with Crippen LogP contribution in [0.2, 0.25) is 0 Å². The molecular formula is C15H18N2O2. The molecule has 1 aliphatic carbocycles. The second kappa shape index (κ2) is 4.68. The monoisotopic (exact) mass is 258 g/mol. The van der Waals surface area contributed by atoms with Crippen LogP contribution in [0.1, 0.15) is 26.2 Å². The minimum absolute atomic E-state index is 0.0353. The van der Waals surface area contributed by atoms with Gasteiger partial charge in [0.2, 0.25) is 11.8 Å². The minimum Gasteiger partial charge on any atom is -0.311 e. The van der Waals surface area contributed by atoms with Crippen molar-refractivity contribution < 1.29 is 9.59 Å². The molecule has 1 saturated carbocycles. The average molecular weight is 258 g/mol. The van der Waals surface area contributed by atoms with E-state index in [1.807, 2.05) is 29.2 Å². The van der Waals surface area contributed by atoms with Gasteiger partial charge in [-0.3, -0.25) is 9.59 Å². The van der Waals surface area contributed by atoms with E-state index in [-0.39, 0.29) is 17.7 Å². The highest BCUT2D eigenvalue weighted by molar-refractivity contribution is 6.03. The van der Waals surface area contributed by atoms with Gasteiger partial charge in [0.25, 0.3) is 0 Å². The number of carbonyl (C=O) groups excluding carboxylic acids is 2. The quantitative estimate of drug-likeness (QED) is 0.774. The number of amides is 2. The summed E-state index contributed by atoms with van der Waals surface area (Å²) in [7, 11) is 0.